The van der Waals surface area contributed by atoms with Gasteiger partial charge in [0, 0.05) is 43.2 Å². The summed E-state index contributed by atoms with van der Waals surface area (Å²) in [6, 6.07) is 6.89. The molecule has 152 valence electrons. The van der Waals surface area contributed by atoms with Crippen LogP contribution in [0.5, 0.6) is 0 Å². The van der Waals surface area contributed by atoms with Crippen LogP contribution in [0.3, 0.4) is 0 Å². The standard InChI is InChI=1S/C20H23N5O2S2/c1-3-14-12-21-20(22-13-14)25-10-8-16(9-11-25)19-18(23-28-24-19)15-4-6-17(7-5-15)29(2,26)27/h4-7,12-13,16H,3,8-11H2,1-2H3. The highest BCUT2D eigenvalue weighted by atomic mass is 32.2. The molecule has 0 amide bonds. The summed E-state index contributed by atoms with van der Waals surface area (Å²) >= 11 is 1.21. The van der Waals surface area contributed by atoms with Gasteiger partial charge in [0.15, 0.2) is 9.84 Å². The predicted octanol–water partition coefficient (Wildman–Crippen LogP) is 3.35. The number of aryl methyl sites for hydroxylation is 1. The third kappa shape index (κ3) is 4.30. The minimum Gasteiger partial charge on any atom is -0.341 e. The first-order valence-electron chi connectivity index (χ1n) is 9.64. The first-order valence-corrected chi connectivity index (χ1v) is 12.3. The summed E-state index contributed by atoms with van der Waals surface area (Å²) in [5, 5.41) is 0. The molecular formula is C20H23N5O2S2. The van der Waals surface area contributed by atoms with Gasteiger partial charge in [-0.3, -0.25) is 0 Å². The third-order valence-corrected chi connectivity index (χ3v) is 7.01. The van der Waals surface area contributed by atoms with Crippen molar-refractivity contribution in [2.45, 2.75) is 37.0 Å². The fraction of sp³-hybridized carbons (Fsp3) is 0.400. The van der Waals surface area contributed by atoms with E-state index >= 15 is 0 Å². The lowest BCUT2D eigenvalue weighted by atomic mass is 9.91. The van der Waals surface area contributed by atoms with Crippen LogP contribution < -0.4 is 4.90 Å². The Balaban J connectivity index is 1.48. The van der Waals surface area contributed by atoms with Gasteiger partial charge in [-0.2, -0.15) is 8.75 Å². The number of anilines is 1. The molecular weight excluding hydrogens is 406 g/mol. The summed E-state index contributed by atoms with van der Waals surface area (Å²) < 4.78 is 32.4. The van der Waals surface area contributed by atoms with E-state index in [0.29, 0.717) is 10.8 Å². The van der Waals surface area contributed by atoms with Crippen molar-refractivity contribution in [3.05, 3.63) is 47.9 Å². The quantitative estimate of drug-likeness (QED) is 0.614. The van der Waals surface area contributed by atoms with Crippen LogP contribution in [0.2, 0.25) is 0 Å². The van der Waals surface area contributed by atoms with Crippen molar-refractivity contribution < 1.29 is 8.42 Å². The van der Waals surface area contributed by atoms with E-state index in [9.17, 15) is 8.42 Å². The SMILES string of the molecule is CCc1cnc(N2CCC(c3nsnc3-c3ccc(S(C)(=O)=O)cc3)CC2)nc1. The fourth-order valence-corrected chi connectivity index (χ4v) is 4.85. The maximum absolute atomic E-state index is 11.7. The summed E-state index contributed by atoms with van der Waals surface area (Å²) in [7, 11) is -3.21. The van der Waals surface area contributed by atoms with E-state index in [4.69, 9.17) is 0 Å². The van der Waals surface area contributed by atoms with Crippen LogP contribution in [0.25, 0.3) is 11.3 Å². The molecule has 1 fully saturated rings. The maximum Gasteiger partial charge on any atom is 0.225 e. The van der Waals surface area contributed by atoms with Gasteiger partial charge in [0.1, 0.15) is 5.69 Å². The molecule has 1 saturated heterocycles. The molecule has 3 aromatic rings. The van der Waals surface area contributed by atoms with Crippen molar-refractivity contribution in [2.24, 2.45) is 0 Å². The average molecular weight is 430 g/mol. The minimum atomic E-state index is -3.21. The number of sulfone groups is 1. The summed E-state index contributed by atoms with van der Waals surface area (Å²) in [6.07, 6.45) is 7.86. The van der Waals surface area contributed by atoms with Gasteiger partial charge < -0.3 is 4.90 Å². The molecule has 2 aromatic heterocycles. The second-order valence-corrected chi connectivity index (χ2v) is 9.84. The Morgan fingerprint density at radius 1 is 1.07 bits per heavy atom. The lowest BCUT2D eigenvalue weighted by Crippen LogP contribution is -2.34. The number of rotatable bonds is 5. The molecule has 1 aromatic carbocycles. The molecule has 0 N–H and O–H groups in total. The first-order chi connectivity index (χ1) is 14.0. The average Bonchev–Trinajstić information content (AvgIpc) is 3.23. The zero-order valence-electron chi connectivity index (χ0n) is 16.4. The molecule has 3 heterocycles. The van der Waals surface area contributed by atoms with Crippen LogP contribution in [0.15, 0.2) is 41.6 Å². The molecule has 0 bridgehead atoms. The molecule has 4 rings (SSSR count). The second-order valence-electron chi connectivity index (χ2n) is 7.30. The molecule has 0 unspecified atom stereocenters. The van der Waals surface area contributed by atoms with Crippen LogP contribution in [0.1, 0.15) is 36.9 Å². The molecule has 1 aliphatic heterocycles. The van der Waals surface area contributed by atoms with Crippen molar-refractivity contribution >= 4 is 27.5 Å². The second kappa shape index (κ2) is 8.16. The van der Waals surface area contributed by atoms with Crippen molar-refractivity contribution in [3.63, 3.8) is 0 Å². The van der Waals surface area contributed by atoms with Crippen LogP contribution in [0.4, 0.5) is 5.95 Å². The number of hydrogen-bond acceptors (Lipinski definition) is 8. The molecule has 1 aliphatic rings. The van der Waals surface area contributed by atoms with Gasteiger partial charge >= 0.3 is 0 Å². The normalized spacial score (nSPS) is 15.6. The monoisotopic (exact) mass is 429 g/mol. The predicted molar refractivity (Wildman–Crippen MR) is 114 cm³/mol. The largest absolute Gasteiger partial charge is 0.341 e. The smallest absolute Gasteiger partial charge is 0.225 e. The summed E-state index contributed by atoms with van der Waals surface area (Å²) in [5.41, 5.74) is 3.91. The molecule has 0 atom stereocenters. The zero-order chi connectivity index (χ0) is 20.4. The molecule has 0 radical (unpaired) electrons. The lowest BCUT2D eigenvalue weighted by molar-refractivity contribution is 0.494. The fourth-order valence-electron chi connectivity index (χ4n) is 3.57. The highest BCUT2D eigenvalue weighted by molar-refractivity contribution is 7.90. The van der Waals surface area contributed by atoms with E-state index in [0.717, 1.165) is 60.8 Å². The van der Waals surface area contributed by atoms with E-state index in [1.54, 1.807) is 12.1 Å². The van der Waals surface area contributed by atoms with Crippen molar-refractivity contribution in [1.82, 2.24) is 18.7 Å². The Bertz CT molecular complexity index is 1070. The Hall–Kier alpha value is -2.39. The van der Waals surface area contributed by atoms with Gasteiger partial charge in [0.2, 0.25) is 5.95 Å². The summed E-state index contributed by atoms with van der Waals surface area (Å²) in [4.78, 5) is 11.5. The number of benzene rings is 1. The maximum atomic E-state index is 11.7. The third-order valence-electron chi connectivity index (χ3n) is 5.33. The van der Waals surface area contributed by atoms with E-state index < -0.39 is 9.84 Å². The lowest BCUT2D eigenvalue weighted by Gasteiger charge is -2.31. The van der Waals surface area contributed by atoms with Gasteiger partial charge in [0.25, 0.3) is 0 Å². The van der Waals surface area contributed by atoms with E-state index in [1.165, 1.54) is 18.0 Å². The highest BCUT2D eigenvalue weighted by Gasteiger charge is 2.27. The van der Waals surface area contributed by atoms with Crippen molar-refractivity contribution in [3.8, 4) is 11.3 Å². The number of aromatic nitrogens is 4. The van der Waals surface area contributed by atoms with Gasteiger partial charge in [-0.25, -0.2) is 18.4 Å². The summed E-state index contributed by atoms with van der Waals surface area (Å²) in [5.74, 6) is 1.11. The molecule has 0 aliphatic carbocycles. The van der Waals surface area contributed by atoms with Crippen molar-refractivity contribution in [2.75, 3.05) is 24.2 Å². The van der Waals surface area contributed by atoms with E-state index in [1.807, 2.05) is 24.5 Å². The zero-order valence-corrected chi connectivity index (χ0v) is 18.1. The van der Waals surface area contributed by atoms with Crippen LogP contribution in [-0.4, -0.2) is 46.5 Å². The molecule has 0 spiro atoms. The Kier molecular flexibility index (Phi) is 5.60. The molecule has 7 nitrogen and oxygen atoms in total. The van der Waals surface area contributed by atoms with Crippen LogP contribution in [-0.2, 0) is 16.3 Å². The van der Waals surface area contributed by atoms with Gasteiger partial charge in [-0.15, -0.1) is 0 Å². The van der Waals surface area contributed by atoms with Gasteiger partial charge in [0.05, 0.1) is 22.3 Å². The Morgan fingerprint density at radius 3 is 2.31 bits per heavy atom. The number of piperidine rings is 1. The van der Waals surface area contributed by atoms with Crippen LogP contribution in [0, 0.1) is 0 Å². The Labute approximate surface area is 175 Å². The van der Waals surface area contributed by atoms with Crippen LogP contribution >= 0.6 is 11.7 Å². The molecule has 29 heavy (non-hydrogen) atoms. The van der Waals surface area contributed by atoms with Gasteiger partial charge in [-0.05, 0) is 37.0 Å². The molecule has 0 saturated carbocycles. The highest BCUT2D eigenvalue weighted by Crippen LogP contribution is 2.35. The number of nitrogens with zero attached hydrogens (tertiary/aromatic N) is 5. The van der Waals surface area contributed by atoms with Crippen molar-refractivity contribution in [1.29, 1.82) is 0 Å². The molecule has 9 heteroatoms. The number of hydrogen-bond donors (Lipinski definition) is 0. The van der Waals surface area contributed by atoms with E-state index in [-0.39, 0.29) is 0 Å². The minimum absolute atomic E-state index is 0.313. The van der Waals surface area contributed by atoms with E-state index in [2.05, 4.69) is 30.5 Å². The van der Waals surface area contributed by atoms with Gasteiger partial charge in [-0.1, -0.05) is 19.1 Å². The topological polar surface area (TPSA) is 88.9 Å². The summed E-state index contributed by atoms with van der Waals surface area (Å²) in [6.45, 7) is 3.85. The first kappa shape index (κ1) is 19.9. The Morgan fingerprint density at radius 2 is 1.72 bits per heavy atom.